The van der Waals surface area contributed by atoms with Gasteiger partial charge in [-0.3, -0.25) is 9.97 Å². The third-order valence-electron chi connectivity index (χ3n) is 3.61. The summed E-state index contributed by atoms with van der Waals surface area (Å²) in [6.45, 7) is -0.0318. The smallest absolute Gasteiger partial charge is 0.337 e. The van der Waals surface area contributed by atoms with Crippen LogP contribution in [0.3, 0.4) is 0 Å². The van der Waals surface area contributed by atoms with E-state index in [1.54, 1.807) is 24.5 Å². The summed E-state index contributed by atoms with van der Waals surface area (Å²) >= 11 is 0. The maximum absolute atomic E-state index is 11.6. The molecule has 5 heteroatoms. The molecule has 0 radical (unpaired) electrons. The van der Waals surface area contributed by atoms with Crippen molar-refractivity contribution >= 4 is 16.9 Å². The number of nitrogens with zero attached hydrogens (tertiary/aromatic N) is 2. The van der Waals surface area contributed by atoms with E-state index in [0.29, 0.717) is 12.0 Å². The average molecular weight is 308 g/mol. The Morgan fingerprint density at radius 2 is 1.96 bits per heavy atom. The Morgan fingerprint density at radius 3 is 2.74 bits per heavy atom. The van der Waals surface area contributed by atoms with Crippen LogP contribution >= 0.6 is 0 Å². The van der Waals surface area contributed by atoms with Gasteiger partial charge in [-0.15, -0.1) is 0 Å². The number of rotatable bonds is 4. The average Bonchev–Trinajstić information content (AvgIpc) is 2.60. The van der Waals surface area contributed by atoms with Crippen molar-refractivity contribution in [3.05, 3.63) is 71.2 Å². The van der Waals surface area contributed by atoms with Crippen molar-refractivity contribution in [3.63, 3.8) is 0 Å². The number of ether oxygens (including phenoxy) is 1. The number of fused-ring (bicyclic) bond motifs is 1. The number of hydrogen-bond donors (Lipinski definition) is 1. The Hall–Kier alpha value is -2.79. The largest absolute Gasteiger partial charge is 0.465 e. The third kappa shape index (κ3) is 3.35. The summed E-state index contributed by atoms with van der Waals surface area (Å²) in [7, 11) is 1.36. The first-order valence-electron chi connectivity index (χ1n) is 7.21. The van der Waals surface area contributed by atoms with Gasteiger partial charge in [-0.2, -0.15) is 0 Å². The van der Waals surface area contributed by atoms with Crippen molar-refractivity contribution < 1.29 is 14.6 Å². The van der Waals surface area contributed by atoms with E-state index < -0.39 is 0 Å². The minimum Gasteiger partial charge on any atom is -0.465 e. The first-order chi connectivity index (χ1) is 11.2. The molecule has 23 heavy (non-hydrogen) atoms. The monoisotopic (exact) mass is 308 g/mol. The van der Waals surface area contributed by atoms with Crippen LogP contribution in [0.25, 0.3) is 10.9 Å². The normalized spacial score (nSPS) is 10.7. The maximum atomic E-state index is 11.6. The van der Waals surface area contributed by atoms with Gasteiger partial charge in [0.25, 0.3) is 0 Å². The second-order valence-corrected chi connectivity index (χ2v) is 5.23. The number of pyridine rings is 2. The molecule has 0 aliphatic carbocycles. The summed E-state index contributed by atoms with van der Waals surface area (Å²) in [6.07, 6.45) is 3.88. The Labute approximate surface area is 133 Å². The fraction of sp³-hybridized carbons (Fsp3) is 0.167. The molecule has 0 atom stereocenters. The van der Waals surface area contributed by atoms with Crippen molar-refractivity contribution in [2.45, 2.75) is 13.0 Å². The van der Waals surface area contributed by atoms with Crippen molar-refractivity contribution in [1.82, 2.24) is 9.97 Å². The number of benzene rings is 1. The Kier molecular flexibility index (Phi) is 4.30. The molecule has 0 spiro atoms. The fourth-order valence-corrected chi connectivity index (χ4v) is 2.45. The lowest BCUT2D eigenvalue weighted by atomic mass is 10.0. The van der Waals surface area contributed by atoms with Crippen LogP contribution in [0.5, 0.6) is 0 Å². The van der Waals surface area contributed by atoms with E-state index in [1.165, 1.54) is 7.11 Å². The van der Waals surface area contributed by atoms with Crippen LogP contribution in [0.2, 0.25) is 0 Å². The van der Waals surface area contributed by atoms with E-state index in [2.05, 4.69) is 9.97 Å². The molecule has 0 fully saturated rings. The van der Waals surface area contributed by atoms with Crippen LogP contribution in [0, 0.1) is 0 Å². The lowest BCUT2D eigenvalue weighted by Gasteiger charge is -2.06. The van der Waals surface area contributed by atoms with Crippen LogP contribution < -0.4 is 0 Å². The second-order valence-electron chi connectivity index (χ2n) is 5.23. The van der Waals surface area contributed by atoms with E-state index >= 15 is 0 Å². The first-order valence-corrected chi connectivity index (χ1v) is 7.21. The van der Waals surface area contributed by atoms with Crippen molar-refractivity contribution in [2.75, 3.05) is 7.11 Å². The minimum atomic E-state index is -0.371. The van der Waals surface area contributed by atoms with E-state index in [9.17, 15) is 9.90 Å². The molecule has 5 nitrogen and oxygen atoms in total. The summed E-state index contributed by atoms with van der Waals surface area (Å²) in [5.74, 6) is -0.371. The summed E-state index contributed by atoms with van der Waals surface area (Å²) in [5.41, 5.74) is 3.99. The van der Waals surface area contributed by atoms with Crippen LogP contribution in [-0.2, 0) is 17.8 Å². The summed E-state index contributed by atoms with van der Waals surface area (Å²) in [6, 6.07) is 11.2. The summed E-state index contributed by atoms with van der Waals surface area (Å²) in [4.78, 5) is 20.2. The number of aliphatic hydroxyl groups excluding tert-OH is 1. The molecule has 3 aromatic rings. The molecular weight excluding hydrogens is 292 g/mol. The number of hydrogen-bond acceptors (Lipinski definition) is 5. The predicted molar refractivity (Wildman–Crippen MR) is 86.0 cm³/mol. The second kappa shape index (κ2) is 6.54. The molecule has 3 rings (SSSR count). The van der Waals surface area contributed by atoms with Gasteiger partial charge in [0.2, 0.25) is 0 Å². The quantitative estimate of drug-likeness (QED) is 0.750. The zero-order chi connectivity index (χ0) is 16.2. The predicted octanol–water partition coefficient (Wildman–Crippen LogP) is 2.50. The van der Waals surface area contributed by atoms with Crippen LogP contribution in [0.15, 0.2) is 48.8 Å². The first kappa shape index (κ1) is 15.1. The molecule has 0 aliphatic rings. The van der Waals surface area contributed by atoms with Crippen LogP contribution in [-0.4, -0.2) is 28.2 Å². The van der Waals surface area contributed by atoms with Gasteiger partial charge in [-0.25, -0.2) is 4.79 Å². The van der Waals surface area contributed by atoms with E-state index in [-0.39, 0.29) is 12.6 Å². The molecular formula is C18H16N2O3. The zero-order valence-corrected chi connectivity index (χ0v) is 12.7. The lowest BCUT2D eigenvalue weighted by molar-refractivity contribution is 0.0600. The highest BCUT2D eigenvalue weighted by Gasteiger charge is 2.07. The molecule has 1 aromatic carbocycles. The van der Waals surface area contributed by atoms with Crippen molar-refractivity contribution in [3.8, 4) is 0 Å². The number of aromatic nitrogens is 2. The van der Waals surface area contributed by atoms with E-state index in [0.717, 1.165) is 27.7 Å². The number of carbonyl (C=O) groups excluding carboxylic acids is 1. The maximum Gasteiger partial charge on any atom is 0.337 e. The van der Waals surface area contributed by atoms with Crippen molar-refractivity contribution in [2.24, 2.45) is 0 Å². The van der Waals surface area contributed by atoms with Gasteiger partial charge < -0.3 is 9.84 Å². The molecule has 116 valence electrons. The number of aliphatic hydroxyl groups is 1. The molecule has 0 unspecified atom stereocenters. The Balaban J connectivity index is 1.90. The SMILES string of the molecule is COC(=O)c1ccnc(Cc2ccc3ncc(CO)cc3c2)c1. The van der Waals surface area contributed by atoms with Gasteiger partial charge in [0.1, 0.15) is 0 Å². The molecule has 1 N–H and O–H groups in total. The molecule has 0 amide bonds. The topological polar surface area (TPSA) is 72.3 Å². The van der Waals surface area contributed by atoms with Gasteiger partial charge in [0.15, 0.2) is 0 Å². The van der Waals surface area contributed by atoms with E-state index in [1.807, 2.05) is 24.3 Å². The van der Waals surface area contributed by atoms with Gasteiger partial charge in [0, 0.05) is 29.9 Å². The number of esters is 1. The molecule has 0 bridgehead atoms. The molecule has 0 aliphatic heterocycles. The summed E-state index contributed by atoms with van der Waals surface area (Å²) < 4.78 is 4.73. The fourth-order valence-electron chi connectivity index (χ4n) is 2.45. The highest BCUT2D eigenvalue weighted by atomic mass is 16.5. The Bertz CT molecular complexity index is 862. The third-order valence-corrected chi connectivity index (χ3v) is 3.61. The van der Waals surface area contributed by atoms with Gasteiger partial charge >= 0.3 is 5.97 Å². The number of methoxy groups -OCH3 is 1. The molecule has 0 saturated heterocycles. The Morgan fingerprint density at radius 1 is 1.13 bits per heavy atom. The van der Waals surface area contributed by atoms with Crippen LogP contribution in [0.1, 0.15) is 27.2 Å². The molecule has 0 saturated carbocycles. The minimum absolute atomic E-state index is 0.0318. The van der Waals surface area contributed by atoms with Gasteiger partial charge in [-0.1, -0.05) is 6.07 Å². The standard InChI is InChI=1S/C18H16N2O3/c1-23-18(22)14-4-5-19-16(9-14)8-12-2-3-17-15(6-12)7-13(11-21)10-20-17/h2-7,9-10,21H,8,11H2,1H3. The molecule has 2 heterocycles. The molecule has 2 aromatic heterocycles. The van der Waals surface area contributed by atoms with Gasteiger partial charge in [-0.05, 0) is 41.5 Å². The highest BCUT2D eigenvalue weighted by molar-refractivity contribution is 5.89. The van der Waals surface area contributed by atoms with Gasteiger partial charge in [0.05, 0.1) is 24.8 Å². The van der Waals surface area contributed by atoms with Crippen LogP contribution in [0.4, 0.5) is 0 Å². The van der Waals surface area contributed by atoms with Crippen molar-refractivity contribution in [1.29, 1.82) is 0 Å². The lowest BCUT2D eigenvalue weighted by Crippen LogP contribution is -2.03. The van der Waals surface area contributed by atoms with E-state index in [4.69, 9.17) is 4.74 Å². The zero-order valence-electron chi connectivity index (χ0n) is 12.7. The summed E-state index contributed by atoms with van der Waals surface area (Å²) in [5, 5.41) is 10.2. The number of carbonyl (C=O) groups is 1. The highest BCUT2D eigenvalue weighted by Crippen LogP contribution is 2.18.